The van der Waals surface area contributed by atoms with E-state index in [0.29, 0.717) is 0 Å². The van der Waals surface area contributed by atoms with Gasteiger partial charge >= 0.3 is 0 Å². The van der Waals surface area contributed by atoms with E-state index in [9.17, 15) is 0 Å². The Labute approximate surface area is 123 Å². The number of rotatable bonds is 2. The Bertz CT molecular complexity index is 743. The quantitative estimate of drug-likeness (QED) is 0.778. The van der Waals surface area contributed by atoms with Crippen LogP contribution in [0.15, 0.2) is 71.5 Å². The molecule has 1 aromatic rings. The predicted molar refractivity (Wildman–Crippen MR) is 82.2 cm³/mol. The van der Waals surface area contributed by atoms with Crippen molar-refractivity contribution in [3.8, 4) is 11.8 Å². The summed E-state index contributed by atoms with van der Waals surface area (Å²) in [4.78, 5) is 6.52. The maximum atomic E-state index is 8.95. The molecule has 0 aromatic heterocycles. The summed E-state index contributed by atoms with van der Waals surface area (Å²) in [6.45, 7) is 0. The van der Waals surface area contributed by atoms with Gasteiger partial charge in [-0.05, 0) is 42.5 Å². The number of ether oxygens (including phenoxy) is 1. The van der Waals surface area contributed by atoms with Gasteiger partial charge < -0.3 is 9.64 Å². The van der Waals surface area contributed by atoms with Crippen molar-refractivity contribution in [3.05, 3.63) is 72.1 Å². The second-order valence-electron chi connectivity index (χ2n) is 4.50. The Kier molecular flexibility index (Phi) is 3.40. The lowest BCUT2D eigenvalue weighted by molar-refractivity contribution is 0.415. The third-order valence-electron chi connectivity index (χ3n) is 3.23. The van der Waals surface area contributed by atoms with Crippen LogP contribution in [-0.4, -0.2) is 17.8 Å². The highest BCUT2D eigenvalue weighted by atomic mass is 16.5. The molecule has 4 nitrogen and oxygen atoms in total. The molecule has 0 radical (unpaired) electrons. The van der Waals surface area contributed by atoms with Crippen LogP contribution in [-0.2, 0) is 0 Å². The molecule has 0 saturated heterocycles. The molecule has 0 fully saturated rings. The third-order valence-corrected chi connectivity index (χ3v) is 3.23. The van der Waals surface area contributed by atoms with Gasteiger partial charge in [-0.1, -0.05) is 6.08 Å². The summed E-state index contributed by atoms with van der Waals surface area (Å²) in [5.41, 5.74) is 2.61. The molecule has 4 heteroatoms. The van der Waals surface area contributed by atoms with Crippen LogP contribution in [0.1, 0.15) is 5.56 Å². The zero-order valence-electron chi connectivity index (χ0n) is 11.5. The van der Waals surface area contributed by atoms with Crippen LogP contribution < -0.4 is 4.74 Å². The second-order valence-corrected chi connectivity index (χ2v) is 4.50. The average molecular weight is 275 g/mol. The highest BCUT2D eigenvalue weighted by molar-refractivity contribution is 6.01. The van der Waals surface area contributed by atoms with E-state index in [2.05, 4.69) is 11.1 Å². The van der Waals surface area contributed by atoms with E-state index in [-0.39, 0.29) is 0 Å². The Morgan fingerprint density at radius 2 is 2.05 bits per heavy atom. The minimum absolute atomic E-state index is 0.798. The molecule has 2 heterocycles. The van der Waals surface area contributed by atoms with Crippen molar-refractivity contribution in [1.82, 2.24) is 4.90 Å². The standard InChI is InChI=1S/C17H13N3O/c1-21-15-7-5-13(6-8-15)16-12-14(9-10-18)20-11-3-2-4-17(20)19-16/h2-9,11-12H,1H3/b14-9+. The van der Waals surface area contributed by atoms with Gasteiger partial charge in [-0.15, -0.1) is 0 Å². The van der Waals surface area contributed by atoms with Crippen molar-refractivity contribution >= 4 is 11.5 Å². The number of aliphatic imine (C=N–C) groups is 1. The average Bonchev–Trinajstić information content (AvgIpc) is 2.55. The molecule has 2 aliphatic heterocycles. The lowest BCUT2D eigenvalue weighted by atomic mass is 10.1. The monoisotopic (exact) mass is 275 g/mol. The molecule has 0 spiro atoms. The minimum Gasteiger partial charge on any atom is -0.497 e. The highest BCUT2D eigenvalue weighted by Gasteiger charge is 2.18. The third kappa shape index (κ3) is 2.49. The molecule has 21 heavy (non-hydrogen) atoms. The molecular weight excluding hydrogens is 262 g/mol. The number of nitriles is 1. The van der Waals surface area contributed by atoms with E-state index < -0.39 is 0 Å². The van der Waals surface area contributed by atoms with E-state index in [1.807, 2.05) is 59.7 Å². The van der Waals surface area contributed by atoms with Crippen molar-refractivity contribution in [3.63, 3.8) is 0 Å². The van der Waals surface area contributed by atoms with Crippen LogP contribution in [0, 0.1) is 11.3 Å². The van der Waals surface area contributed by atoms with Crippen molar-refractivity contribution in [2.45, 2.75) is 0 Å². The maximum Gasteiger partial charge on any atom is 0.137 e. The van der Waals surface area contributed by atoms with Crippen molar-refractivity contribution in [2.24, 2.45) is 4.99 Å². The first-order valence-electron chi connectivity index (χ1n) is 6.50. The van der Waals surface area contributed by atoms with Crippen LogP contribution in [0.3, 0.4) is 0 Å². The summed E-state index contributed by atoms with van der Waals surface area (Å²) in [5.74, 6) is 1.60. The number of fused-ring (bicyclic) bond motifs is 1. The van der Waals surface area contributed by atoms with E-state index in [1.54, 1.807) is 7.11 Å². The van der Waals surface area contributed by atoms with Crippen molar-refractivity contribution < 1.29 is 4.74 Å². The first-order valence-corrected chi connectivity index (χ1v) is 6.50. The summed E-state index contributed by atoms with van der Waals surface area (Å²) in [7, 11) is 1.64. The van der Waals surface area contributed by atoms with Crippen LogP contribution in [0.25, 0.3) is 5.70 Å². The number of hydrogen-bond donors (Lipinski definition) is 0. The summed E-state index contributed by atoms with van der Waals surface area (Å²) in [6, 6.07) is 9.78. The molecule has 1 aromatic carbocycles. The van der Waals surface area contributed by atoms with Gasteiger partial charge in [-0.2, -0.15) is 5.26 Å². The fraction of sp³-hybridized carbons (Fsp3) is 0.0588. The second kappa shape index (κ2) is 5.51. The minimum atomic E-state index is 0.798. The van der Waals surface area contributed by atoms with E-state index in [4.69, 9.17) is 10.00 Å². The topological polar surface area (TPSA) is 48.6 Å². The summed E-state index contributed by atoms with van der Waals surface area (Å²) in [5, 5.41) is 8.95. The fourth-order valence-electron chi connectivity index (χ4n) is 2.20. The maximum absolute atomic E-state index is 8.95. The van der Waals surface area contributed by atoms with Crippen molar-refractivity contribution in [1.29, 1.82) is 5.26 Å². The van der Waals surface area contributed by atoms with Gasteiger partial charge in [0, 0.05) is 17.8 Å². The largest absolute Gasteiger partial charge is 0.497 e. The molecule has 0 saturated carbocycles. The van der Waals surface area contributed by atoms with Crippen LogP contribution in [0.4, 0.5) is 0 Å². The molecule has 0 amide bonds. The van der Waals surface area contributed by atoms with Crippen molar-refractivity contribution in [2.75, 3.05) is 7.11 Å². The zero-order valence-corrected chi connectivity index (χ0v) is 11.5. The van der Waals surface area contributed by atoms with Gasteiger partial charge in [-0.3, -0.25) is 0 Å². The SMILES string of the molecule is COc1ccc(C2=C/C(=C\C#N)N3C=CC=CC3=N2)cc1. The smallest absolute Gasteiger partial charge is 0.137 e. The van der Waals surface area contributed by atoms with Gasteiger partial charge in [0.25, 0.3) is 0 Å². The molecule has 0 atom stereocenters. The molecule has 102 valence electrons. The molecule has 3 rings (SSSR count). The number of amidine groups is 1. The zero-order chi connectivity index (χ0) is 14.7. The Morgan fingerprint density at radius 3 is 2.76 bits per heavy atom. The van der Waals surface area contributed by atoms with Gasteiger partial charge in [0.1, 0.15) is 11.6 Å². The summed E-state index contributed by atoms with van der Waals surface area (Å²) >= 11 is 0. The molecule has 0 bridgehead atoms. The molecule has 0 unspecified atom stereocenters. The first kappa shape index (κ1) is 12.9. The molecule has 0 aliphatic carbocycles. The van der Waals surface area contributed by atoms with Gasteiger partial charge in [0.05, 0.1) is 24.6 Å². The lowest BCUT2D eigenvalue weighted by Gasteiger charge is -2.27. The number of hydrogen-bond acceptors (Lipinski definition) is 4. The van der Waals surface area contributed by atoms with E-state index in [1.165, 1.54) is 6.08 Å². The van der Waals surface area contributed by atoms with E-state index in [0.717, 1.165) is 28.5 Å². The van der Waals surface area contributed by atoms with Gasteiger partial charge in [-0.25, -0.2) is 4.99 Å². The first-order chi connectivity index (χ1) is 10.3. The Balaban J connectivity index is 2.03. The molecule has 2 aliphatic rings. The van der Waals surface area contributed by atoms with Gasteiger partial charge in [0.2, 0.25) is 0 Å². The summed E-state index contributed by atoms with van der Waals surface area (Å²) in [6.07, 6.45) is 11.1. The lowest BCUT2D eigenvalue weighted by Crippen LogP contribution is -2.26. The number of benzene rings is 1. The molecule has 0 N–H and O–H groups in total. The van der Waals surface area contributed by atoms with Gasteiger partial charge in [0.15, 0.2) is 0 Å². The van der Waals surface area contributed by atoms with E-state index >= 15 is 0 Å². The van der Waals surface area contributed by atoms with Crippen LogP contribution >= 0.6 is 0 Å². The molecular formula is C17H13N3O. The predicted octanol–water partition coefficient (Wildman–Crippen LogP) is 3.24. The van der Waals surface area contributed by atoms with Crippen LogP contribution in [0.5, 0.6) is 5.75 Å². The Hall–Kier alpha value is -3.06. The van der Waals surface area contributed by atoms with Crippen LogP contribution in [0.2, 0.25) is 0 Å². The fourth-order valence-corrected chi connectivity index (χ4v) is 2.20. The normalized spacial score (nSPS) is 17.9. The Morgan fingerprint density at radius 1 is 1.24 bits per heavy atom. The number of allylic oxidation sites excluding steroid dienone is 4. The number of nitrogens with zero attached hydrogens (tertiary/aromatic N) is 3. The summed E-state index contributed by atoms with van der Waals surface area (Å²) < 4.78 is 5.16. The highest BCUT2D eigenvalue weighted by Crippen LogP contribution is 2.28. The number of methoxy groups -OCH3 is 1.